The molecule has 3 nitrogen and oxygen atoms in total. The Labute approximate surface area is 105 Å². The summed E-state index contributed by atoms with van der Waals surface area (Å²) in [7, 11) is 0. The predicted molar refractivity (Wildman–Crippen MR) is 65.2 cm³/mol. The molecule has 17 heavy (non-hydrogen) atoms. The lowest BCUT2D eigenvalue weighted by Gasteiger charge is -2.33. The summed E-state index contributed by atoms with van der Waals surface area (Å²) < 4.78 is 0. The van der Waals surface area contributed by atoms with Crippen molar-refractivity contribution < 1.29 is 4.79 Å². The summed E-state index contributed by atoms with van der Waals surface area (Å²) >= 11 is 5.99. The van der Waals surface area contributed by atoms with Crippen LogP contribution >= 0.6 is 11.6 Å². The highest BCUT2D eigenvalue weighted by atomic mass is 35.5. The van der Waals surface area contributed by atoms with Gasteiger partial charge in [0.05, 0.1) is 6.07 Å². The molecular formula is C13H13ClN2O. The van der Waals surface area contributed by atoms with E-state index in [2.05, 4.69) is 11.4 Å². The maximum absolute atomic E-state index is 11.9. The number of carbonyl (C=O) groups is 1. The number of hydrogen-bond donors (Lipinski definition) is 1. The second kappa shape index (κ2) is 4.77. The van der Waals surface area contributed by atoms with Crippen LogP contribution < -0.4 is 5.32 Å². The van der Waals surface area contributed by atoms with Gasteiger partial charge in [0, 0.05) is 11.6 Å². The number of nitrogens with one attached hydrogen (secondary N) is 1. The van der Waals surface area contributed by atoms with Crippen LogP contribution in [0.3, 0.4) is 0 Å². The van der Waals surface area contributed by atoms with Gasteiger partial charge in [-0.15, -0.1) is 0 Å². The summed E-state index contributed by atoms with van der Waals surface area (Å²) in [6.45, 7) is 0.377. The van der Waals surface area contributed by atoms with E-state index in [1.54, 1.807) is 6.07 Å². The van der Waals surface area contributed by atoms with Gasteiger partial charge in [-0.1, -0.05) is 29.8 Å². The zero-order chi connectivity index (χ0) is 12.3. The first-order valence-electron chi connectivity index (χ1n) is 5.61. The van der Waals surface area contributed by atoms with E-state index < -0.39 is 5.41 Å². The summed E-state index contributed by atoms with van der Waals surface area (Å²) in [5.74, 6) is -0.175. The normalized spacial score (nSPS) is 16.7. The van der Waals surface area contributed by atoms with E-state index in [1.165, 1.54) is 0 Å². The third kappa shape index (κ3) is 2.27. The van der Waals surface area contributed by atoms with E-state index in [-0.39, 0.29) is 5.91 Å². The molecule has 1 amide bonds. The molecule has 0 aliphatic heterocycles. The Bertz CT molecular complexity index is 475. The van der Waals surface area contributed by atoms with Crippen molar-refractivity contribution in [2.24, 2.45) is 5.41 Å². The number of hydrogen-bond acceptors (Lipinski definition) is 2. The molecule has 0 saturated heterocycles. The number of nitriles is 1. The van der Waals surface area contributed by atoms with Gasteiger partial charge in [0.25, 0.3) is 0 Å². The molecule has 2 rings (SSSR count). The number of carbonyl (C=O) groups excluding carboxylic acids is 1. The van der Waals surface area contributed by atoms with Crippen LogP contribution in [-0.4, -0.2) is 5.91 Å². The van der Waals surface area contributed by atoms with Gasteiger partial charge >= 0.3 is 0 Å². The summed E-state index contributed by atoms with van der Waals surface area (Å²) in [6.07, 6.45) is 2.28. The van der Waals surface area contributed by atoms with E-state index in [9.17, 15) is 4.79 Å². The first-order valence-corrected chi connectivity index (χ1v) is 5.99. The molecule has 1 aromatic rings. The van der Waals surface area contributed by atoms with E-state index in [0.29, 0.717) is 24.4 Å². The average molecular weight is 249 g/mol. The molecule has 1 N–H and O–H groups in total. The molecule has 0 unspecified atom stereocenters. The Kier molecular flexibility index (Phi) is 3.35. The fourth-order valence-corrected chi connectivity index (χ4v) is 2.11. The van der Waals surface area contributed by atoms with Gasteiger partial charge in [-0.2, -0.15) is 5.26 Å². The van der Waals surface area contributed by atoms with Crippen LogP contribution in [0.4, 0.5) is 0 Å². The van der Waals surface area contributed by atoms with E-state index in [0.717, 1.165) is 12.0 Å². The Hall–Kier alpha value is -1.53. The van der Waals surface area contributed by atoms with Crippen molar-refractivity contribution in [1.82, 2.24) is 5.32 Å². The van der Waals surface area contributed by atoms with E-state index in [4.69, 9.17) is 16.9 Å². The SMILES string of the molecule is N#CC1(C(=O)NCc2ccccc2Cl)CCC1. The van der Waals surface area contributed by atoms with Gasteiger partial charge in [-0.3, -0.25) is 4.79 Å². The summed E-state index contributed by atoms with van der Waals surface area (Å²) in [5, 5.41) is 12.4. The van der Waals surface area contributed by atoms with Gasteiger partial charge in [0.15, 0.2) is 0 Å². The molecule has 0 heterocycles. The minimum Gasteiger partial charge on any atom is -0.351 e. The maximum Gasteiger partial charge on any atom is 0.240 e. The smallest absolute Gasteiger partial charge is 0.240 e. The first-order chi connectivity index (χ1) is 8.18. The molecule has 1 aliphatic rings. The van der Waals surface area contributed by atoms with E-state index in [1.807, 2.05) is 18.2 Å². The number of nitrogens with zero attached hydrogens (tertiary/aromatic N) is 1. The zero-order valence-electron chi connectivity index (χ0n) is 9.37. The highest BCUT2D eigenvalue weighted by molar-refractivity contribution is 6.31. The molecule has 88 valence electrons. The molecular weight excluding hydrogens is 236 g/mol. The first kappa shape index (κ1) is 11.9. The van der Waals surface area contributed by atoms with E-state index >= 15 is 0 Å². The average Bonchev–Trinajstić information content (AvgIpc) is 2.27. The van der Waals surface area contributed by atoms with Crippen LogP contribution in [0.1, 0.15) is 24.8 Å². The highest BCUT2D eigenvalue weighted by Crippen LogP contribution is 2.40. The van der Waals surface area contributed by atoms with Crippen LogP contribution in [-0.2, 0) is 11.3 Å². The second-order valence-electron chi connectivity index (χ2n) is 4.32. The van der Waals surface area contributed by atoms with Crippen LogP contribution in [0.2, 0.25) is 5.02 Å². The van der Waals surface area contributed by atoms with Gasteiger partial charge in [-0.05, 0) is 30.9 Å². The highest BCUT2D eigenvalue weighted by Gasteiger charge is 2.44. The molecule has 0 bridgehead atoms. The lowest BCUT2D eigenvalue weighted by molar-refractivity contribution is -0.131. The topological polar surface area (TPSA) is 52.9 Å². The van der Waals surface area contributed by atoms with Crippen molar-refractivity contribution in [2.75, 3.05) is 0 Å². The third-order valence-corrected chi connectivity index (χ3v) is 3.62. The largest absolute Gasteiger partial charge is 0.351 e. The predicted octanol–water partition coefficient (Wildman–Crippen LogP) is 2.65. The van der Waals surface area contributed by atoms with Crippen molar-refractivity contribution in [1.29, 1.82) is 5.26 Å². The fraction of sp³-hybridized carbons (Fsp3) is 0.385. The minimum atomic E-state index is -0.790. The number of benzene rings is 1. The lowest BCUT2D eigenvalue weighted by Crippen LogP contribution is -2.44. The Morgan fingerprint density at radius 1 is 1.47 bits per heavy atom. The number of halogens is 1. The third-order valence-electron chi connectivity index (χ3n) is 3.25. The van der Waals surface area contributed by atoms with Crippen LogP contribution in [0, 0.1) is 16.7 Å². The van der Waals surface area contributed by atoms with Gasteiger partial charge in [0.2, 0.25) is 5.91 Å². The van der Waals surface area contributed by atoms with Crippen molar-refractivity contribution in [3.63, 3.8) is 0 Å². The van der Waals surface area contributed by atoms with Gasteiger partial charge < -0.3 is 5.32 Å². The van der Waals surface area contributed by atoms with Crippen molar-refractivity contribution >= 4 is 17.5 Å². The van der Waals surface area contributed by atoms with Gasteiger partial charge in [0.1, 0.15) is 5.41 Å². The summed E-state index contributed by atoms with van der Waals surface area (Å²) in [5.41, 5.74) is 0.0799. The molecule has 0 spiro atoms. The Balaban J connectivity index is 1.98. The summed E-state index contributed by atoms with van der Waals surface area (Å²) in [4.78, 5) is 11.9. The van der Waals surface area contributed by atoms with Crippen molar-refractivity contribution in [3.8, 4) is 6.07 Å². The maximum atomic E-state index is 11.9. The molecule has 0 atom stereocenters. The fourth-order valence-electron chi connectivity index (χ4n) is 1.91. The molecule has 4 heteroatoms. The number of amides is 1. The molecule has 1 aromatic carbocycles. The quantitative estimate of drug-likeness (QED) is 0.894. The van der Waals surface area contributed by atoms with Gasteiger partial charge in [-0.25, -0.2) is 0 Å². The number of rotatable bonds is 3. The minimum absolute atomic E-state index is 0.175. The lowest BCUT2D eigenvalue weighted by atomic mass is 9.69. The summed E-state index contributed by atoms with van der Waals surface area (Å²) in [6, 6.07) is 9.48. The molecule has 1 fully saturated rings. The Morgan fingerprint density at radius 3 is 2.71 bits per heavy atom. The molecule has 0 radical (unpaired) electrons. The molecule has 1 saturated carbocycles. The van der Waals surface area contributed by atoms with Crippen molar-refractivity contribution in [3.05, 3.63) is 34.9 Å². The zero-order valence-corrected chi connectivity index (χ0v) is 10.1. The van der Waals surface area contributed by atoms with Crippen molar-refractivity contribution in [2.45, 2.75) is 25.8 Å². The van der Waals surface area contributed by atoms with Crippen LogP contribution in [0.5, 0.6) is 0 Å². The monoisotopic (exact) mass is 248 g/mol. The Morgan fingerprint density at radius 2 is 2.18 bits per heavy atom. The second-order valence-corrected chi connectivity index (χ2v) is 4.73. The molecule has 1 aliphatic carbocycles. The molecule has 0 aromatic heterocycles. The standard InChI is InChI=1S/C13H13ClN2O/c14-11-5-2-1-4-10(11)8-16-12(17)13(9-15)6-3-7-13/h1-2,4-5H,3,6-8H2,(H,16,17). The van der Waals surface area contributed by atoms with Crippen LogP contribution in [0.25, 0.3) is 0 Å². The van der Waals surface area contributed by atoms with Crippen LogP contribution in [0.15, 0.2) is 24.3 Å².